The molecule has 1 heterocycles. The summed E-state index contributed by atoms with van der Waals surface area (Å²) in [6.07, 6.45) is 1.81. The van der Waals surface area contributed by atoms with Crippen LogP contribution >= 0.6 is 11.6 Å². The van der Waals surface area contributed by atoms with Gasteiger partial charge in [-0.3, -0.25) is 0 Å². The van der Waals surface area contributed by atoms with Crippen molar-refractivity contribution in [3.63, 3.8) is 0 Å². The van der Waals surface area contributed by atoms with Crippen molar-refractivity contribution in [3.8, 4) is 5.69 Å². The minimum Gasteiger partial charge on any atom is -0.306 e. The Kier molecular flexibility index (Phi) is 3.92. The second-order valence-corrected chi connectivity index (χ2v) is 5.86. The highest BCUT2D eigenvalue weighted by Crippen LogP contribution is 2.18. The molecule has 102 valence electrons. The van der Waals surface area contributed by atoms with Crippen LogP contribution in [0.25, 0.3) is 5.69 Å². The van der Waals surface area contributed by atoms with Gasteiger partial charge < -0.3 is 5.32 Å². The predicted molar refractivity (Wildman–Crippen MR) is 75.1 cm³/mol. The summed E-state index contributed by atoms with van der Waals surface area (Å²) in [5.41, 5.74) is 1.60. The van der Waals surface area contributed by atoms with E-state index in [9.17, 15) is 4.39 Å². The maximum absolute atomic E-state index is 13.4. The smallest absolute Gasteiger partial charge is 0.143 e. The zero-order chi connectivity index (χ0) is 14.0. The van der Waals surface area contributed by atoms with Gasteiger partial charge in [0.05, 0.1) is 16.4 Å². The number of nitrogens with one attached hydrogen (secondary N) is 1. The molecule has 0 saturated carbocycles. The van der Waals surface area contributed by atoms with E-state index in [1.54, 1.807) is 10.7 Å². The monoisotopic (exact) mass is 281 g/mol. The van der Waals surface area contributed by atoms with Gasteiger partial charge in [0.1, 0.15) is 5.82 Å². The van der Waals surface area contributed by atoms with Gasteiger partial charge in [0.2, 0.25) is 0 Å². The van der Waals surface area contributed by atoms with Crippen molar-refractivity contribution in [1.29, 1.82) is 0 Å². The lowest BCUT2D eigenvalue weighted by Crippen LogP contribution is -2.35. The van der Waals surface area contributed by atoms with E-state index >= 15 is 0 Å². The topological polar surface area (TPSA) is 29.9 Å². The first-order valence-corrected chi connectivity index (χ1v) is 6.48. The molecule has 1 aromatic heterocycles. The molecule has 0 bridgehead atoms. The molecule has 5 heteroatoms. The Labute approximate surface area is 117 Å². The van der Waals surface area contributed by atoms with Gasteiger partial charge in [0.25, 0.3) is 0 Å². The molecule has 0 radical (unpaired) electrons. The van der Waals surface area contributed by atoms with Gasteiger partial charge in [-0.2, -0.15) is 5.10 Å². The lowest BCUT2D eigenvalue weighted by atomic mass is 10.1. The highest BCUT2D eigenvalue weighted by molar-refractivity contribution is 6.30. The molecule has 0 atom stereocenters. The average molecular weight is 282 g/mol. The fourth-order valence-electron chi connectivity index (χ4n) is 1.58. The van der Waals surface area contributed by atoms with Crippen LogP contribution in [0.2, 0.25) is 5.02 Å². The van der Waals surface area contributed by atoms with Crippen LogP contribution < -0.4 is 5.32 Å². The lowest BCUT2D eigenvalue weighted by molar-refractivity contribution is 0.420. The number of benzene rings is 1. The third-order valence-electron chi connectivity index (χ3n) is 2.61. The summed E-state index contributed by atoms with van der Waals surface area (Å²) in [5.74, 6) is -0.441. The van der Waals surface area contributed by atoms with Gasteiger partial charge in [-0.1, -0.05) is 11.6 Å². The molecule has 0 fully saturated rings. The molecular formula is C14H17ClFN3. The van der Waals surface area contributed by atoms with Crippen molar-refractivity contribution < 1.29 is 4.39 Å². The zero-order valence-electron chi connectivity index (χ0n) is 11.2. The van der Waals surface area contributed by atoms with Gasteiger partial charge in [-0.25, -0.2) is 9.07 Å². The first-order valence-electron chi connectivity index (χ1n) is 6.10. The quantitative estimate of drug-likeness (QED) is 0.932. The summed E-state index contributed by atoms with van der Waals surface area (Å²) in [7, 11) is 0. The summed E-state index contributed by atoms with van der Waals surface area (Å²) in [5, 5.41) is 7.87. The van der Waals surface area contributed by atoms with Crippen molar-refractivity contribution in [2.75, 3.05) is 0 Å². The van der Waals surface area contributed by atoms with Crippen molar-refractivity contribution in [1.82, 2.24) is 15.1 Å². The van der Waals surface area contributed by atoms with E-state index in [2.05, 4.69) is 31.2 Å². The Morgan fingerprint density at radius 3 is 2.68 bits per heavy atom. The fourth-order valence-corrected chi connectivity index (χ4v) is 1.70. The normalized spacial score (nSPS) is 11.8. The Balaban J connectivity index is 2.14. The molecule has 0 aliphatic carbocycles. The number of rotatable bonds is 3. The van der Waals surface area contributed by atoms with Gasteiger partial charge in [-0.05, 0) is 39.0 Å². The molecule has 0 unspecified atom stereocenters. The summed E-state index contributed by atoms with van der Waals surface area (Å²) in [4.78, 5) is 0. The molecule has 0 amide bonds. The molecule has 1 N–H and O–H groups in total. The molecule has 0 aliphatic rings. The average Bonchev–Trinajstić information content (AvgIpc) is 2.78. The van der Waals surface area contributed by atoms with Crippen LogP contribution in [0.5, 0.6) is 0 Å². The third-order valence-corrected chi connectivity index (χ3v) is 2.92. The summed E-state index contributed by atoms with van der Waals surface area (Å²) in [6, 6.07) is 6.54. The maximum atomic E-state index is 13.4. The Morgan fingerprint density at radius 1 is 1.32 bits per heavy atom. The predicted octanol–water partition coefficient (Wildman–Crippen LogP) is 3.55. The minimum atomic E-state index is -0.441. The van der Waals surface area contributed by atoms with E-state index in [4.69, 9.17) is 11.6 Å². The molecule has 19 heavy (non-hydrogen) atoms. The summed E-state index contributed by atoms with van der Waals surface area (Å²) >= 11 is 5.66. The fraction of sp³-hybridized carbons (Fsp3) is 0.357. The zero-order valence-corrected chi connectivity index (χ0v) is 12.0. The molecule has 0 saturated heterocycles. The van der Waals surface area contributed by atoms with E-state index in [1.807, 2.05) is 12.3 Å². The van der Waals surface area contributed by atoms with Crippen LogP contribution in [0, 0.1) is 5.82 Å². The van der Waals surface area contributed by atoms with E-state index in [0.29, 0.717) is 12.2 Å². The molecule has 0 spiro atoms. The Bertz CT molecular complexity index is 572. The molecule has 2 rings (SSSR count). The van der Waals surface area contributed by atoms with Crippen molar-refractivity contribution in [3.05, 3.63) is 47.0 Å². The van der Waals surface area contributed by atoms with Crippen LogP contribution in [0.1, 0.15) is 26.5 Å². The van der Waals surface area contributed by atoms with Gasteiger partial charge >= 0.3 is 0 Å². The van der Waals surface area contributed by atoms with Crippen molar-refractivity contribution in [2.24, 2.45) is 0 Å². The highest BCUT2D eigenvalue weighted by Gasteiger charge is 2.10. The second kappa shape index (κ2) is 5.31. The minimum absolute atomic E-state index is 0.0379. The SMILES string of the molecule is CC(C)(C)NCc1ccn(-c2ccc(Cl)c(F)c2)n1. The number of aromatic nitrogens is 2. The van der Waals surface area contributed by atoms with Gasteiger partial charge in [0, 0.05) is 24.3 Å². The Hall–Kier alpha value is -1.39. The molecule has 1 aromatic carbocycles. The first kappa shape index (κ1) is 14.0. The van der Waals surface area contributed by atoms with Crippen LogP contribution in [0.4, 0.5) is 4.39 Å². The second-order valence-electron chi connectivity index (χ2n) is 5.45. The van der Waals surface area contributed by atoms with Crippen LogP contribution in [-0.2, 0) is 6.54 Å². The van der Waals surface area contributed by atoms with Crippen LogP contribution in [-0.4, -0.2) is 15.3 Å². The molecular weight excluding hydrogens is 265 g/mol. The Morgan fingerprint density at radius 2 is 2.05 bits per heavy atom. The van der Waals surface area contributed by atoms with Gasteiger partial charge in [0.15, 0.2) is 0 Å². The molecule has 2 aromatic rings. The number of hydrogen-bond acceptors (Lipinski definition) is 2. The summed E-state index contributed by atoms with van der Waals surface area (Å²) in [6.45, 7) is 6.96. The molecule has 0 aliphatic heterocycles. The van der Waals surface area contributed by atoms with Crippen LogP contribution in [0.3, 0.4) is 0 Å². The number of nitrogens with zero attached hydrogens (tertiary/aromatic N) is 2. The summed E-state index contributed by atoms with van der Waals surface area (Å²) < 4.78 is 15.0. The van der Waals surface area contributed by atoms with E-state index < -0.39 is 5.82 Å². The largest absolute Gasteiger partial charge is 0.306 e. The third kappa shape index (κ3) is 3.78. The lowest BCUT2D eigenvalue weighted by Gasteiger charge is -2.19. The highest BCUT2D eigenvalue weighted by atomic mass is 35.5. The first-order chi connectivity index (χ1) is 8.85. The number of hydrogen-bond donors (Lipinski definition) is 1. The number of halogens is 2. The molecule has 3 nitrogen and oxygen atoms in total. The van der Waals surface area contributed by atoms with Crippen LogP contribution in [0.15, 0.2) is 30.5 Å². The van der Waals surface area contributed by atoms with E-state index in [0.717, 1.165) is 5.69 Å². The standard InChI is InChI=1S/C14H17ClFN3/c1-14(2,3)17-9-10-6-7-19(18-10)11-4-5-12(15)13(16)8-11/h4-8,17H,9H2,1-3H3. The van der Waals surface area contributed by atoms with E-state index in [1.165, 1.54) is 12.1 Å². The maximum Gasteiger partial charge on any atom is 0.143 e. The van der Waals surface area contributed by atoms with Crippen molar-refractivity contribution in [2.45, 2.75) is 32.9 Å². The van der Waals surface area contributed by atoms with Crippen molar-refractivity contribution >= 4 is 11.6 Å². The van der Waals surface area contributed by atoms with E-state index in [-0.39, 0.29) is 10.6 Å². The van der Waals surface area contributed by atoms with Gasteiger partial charge in [-0.15, -0.1) is 0 Å².